The maximum absolute atomic E-state index is 10.5. The van der Waals surface area contributed by atoms with Crippen molar-refractivity contribution in [1.29, 1.82) is 0 Å². The molecule has 14 heavy (non-hydrogen) atoms. The van der Waals surface area contributed by atoms with Crippen molar-refractivity contribution in [2.45, 2.75) is 6.92 Å². The van der Waals surface area contributed by atoms with Gasteiger partial charge in [-0.15, -0.1) is 0 Å². The number of hydrogen-bond acceptors (Lipinski definition) is 3. The van der Waals surface area contributed by atoms with Gasteiger partial charge in [-0.25, -0.2) is 4.98 Å². The first-order valence-corrected chi connectivity index (χ1v) is 4.15. The van der Waals surface area contributed by atoms with Gasteiger partial charge in [0.25, 0.3) is 5.69 Å². The van der Waals surface area contributed by atoms with E-state index in [9.17, 15) is 10.1 Å². The Kier molecular flexibility index (Phi) is 1.73. The Balaban J connectivity index is 2.77. The van der Waals surface area contributed by atoms with Crippen LogP contribution in [0.25, 0.3) is 11.0 Å². The highest BCUT2D eigenvalue weighted by Gasteiger charge is 2.10. The second-order valence-corrected chi connectivity index (χ2v) is 3.24. The first-order valence-electron chi connectivity index (χ1n) is 4.15. The van der Waals surface area contributed by atoms with Crippen molar-refractivity contribution in [3.8, 4) is 0 Å². The summed E-state index contributed by atoms with van der Waals surface area (Å²) in [4.78, 5) is 14.1. The molecule has 5 heteroatoms. The summed E-state index contributed by atoms with van der Waals surface area (Å²) in [5.41, 5.74) is 1.80. The lowest BCUT2D eigenvalue weighted by Crippen LogP contribution is -1.91. The minimum Gasteiger partial charge on any atom is -0.335 e. The van der Waals surface area contributed by atoms with Crippen molar-refractivity contribution in [1.82, 2.24) is 9.55 Å². The summed E-state index contributed by atoms with van der Waals surface area (Å²) in [6.07, 6.45) is 3.18. The van der Waals surface area contributed by atoms with Gasteiger partial charge in [-0.3, -0.25) is 10.1 Å². The number of nitrogens with zero attached hydrogens (tertiary/aromatic N) is 3. The summed E-state index contributed by atoms with van der Waals surface area (Å²) in [5.74, 6) is 0. The second-order valence-electron chi connectivity index (χ2n) is 3.24. The van der Waals surface area contributed by atoms with Crippen LogP contribution in [-0.4, -0.2) is 14.5 Å². The normalized spacial score (nSPS) is 10.7. The molecule has 2 aromatic heterocycles. The Morgan fingerprint density at radius 2 is 2.29 bits per heavy atom. The van der Waals surface area contributed by atoms with E-state index >= 15 is 0 Å². The van der Waals surface area contributed by atoms with Gasteiger partial charge in [0.2, 0.25) is 0 Å². The summed E-state index contributed by atoms with van der Waals surface area (Å²) in [6.45, 7) is 1.91. The largest absolute Gasteiger partial charge is 0.335 e. The topological polar surface area (TPSA) is 61.0 Å². The molecule has 0 bridgehead atoms. The maximum atomic E-state index is 10.5. The highest BCUT2D eigenvalue weighted by atomic mass is 16.6. The minimum absolute atomic E-state index is 0.0341. The molecule has 0 N–H and O–H groups in total. The number of hydrogen-bond donors (Lipinski definition) is 0. The first kappa shape index (κ1) is 8.68. The van der Waals surface area contributed by atoms with Crippen molar-refractivity contribution in [2.75, 3.05) is 0 Å². The van der Waals surface area contributed by atoms with Crippen LogP contribution in [0.2, 0.25) is 0 Å². The first-order chi connectivity index (χ1) is 6.59. The van der Waals surface area contributed by atoms with Crippen LogP contribution < -0.4 is 0 Å². The van der Waals surface area contributed by atoms with E-state index in [4.69, 9.17) is 0 Å². The molecule has 0 saturated carbocycles. The maximum Gasteiger partial charge on any atom is 0.288 e. The summed E-state index contributed by atoms with van der Waals surface area (Å²) in [6, 6.07) is 1.55. The third kappa shape index (κ3) is 1.14. The van der Waals surface area contributed by atoms with E-state index in [2.05, 4.69) is 4.98 Å². The molecule has 0 amide bonds. The highest BCUT2D eigenvalue weighted by Crippen LogP contribution is 2.22. The fraction of sp³-hybridized carbons (Fsp3) is 0.222. The third-order valence-electron chi connectivity index (χ3n) is 2.21. The van der Waals surface area contributed by atoms with Gasteiger partial charge in [-0.2, -0.15) is 0 Å². The van der Waals surface area contributed by atoms with Crippen molar-refractivity contribution in [2.24, 2.45) is 7.05 Å². The lowest BCUT2D eigenvalue weighted by molar-refractivity contribution is -0.385. The van der Waals surface area contributed by atoms with Gasteiger partial charge in [0.15, 0.2) is 0 Å². The number of fused-ring (bicyclic) bond motifs is 1. The number of aryl methyl sites for hydroxylation is 2. The molecule has 0 unspecified atom stereocenters. The van der Waals surface area contributed by atoms with Gasteiger partial charge in [-0.05, 0) is 12.5 Å². The molecular formula is C9H9N3O2. The standard InChI is InChI=1S/C9H9N3O2/c1-6-5-11(2)9-8(6)3-7(4-10-9)12(13)14/h3-5H,1-2H3. The fourth-order valence-corrected chi connectivity index (χ4v) is 1.54. The van der Waals surface area contributed by atoms with E-state index in [1.165, 1.54) is 6.20 Å². The lowest BCUT2D eigenvalue weighted by Gasteiger charge is -1.94. The van der Waals surface area contributed by atoms with Gasteiger partial charge in [0.1, 0.15) is 11.8 Å². The van der Waals surface area contributed by atoms with Crippen molar-refractivity contribution < 1.29 is 4.92 Å². The van der Waals surface area contributed by atoms with Crippen LogP contribution in [0.1, 0.15) is 5.56 Å². The molecule has 0 atom stereocenters. The molecule has 0 spiro atoms. The van der Waals surface area contributed by atoms with Gasteiger partial charge in [-0.1, -0.05) is 0 Å². The van der Waals surface area contributed by atoms with E-state index in [1.54, 1.807) is 6.07 Å². The van der Waals surface area contributed by atoms with Crippen LogP contribution in [0.3, 0.4) is 0 Å². The summed E-state index contributed by atoms with van der Waals surface area (Å²) < 4.78 is 1.86. The summed E-state index contributed by atoms with van der Waals surface area (Å²) in [5, 5.41) is 11.4. The van der Waals surface area contributed by atoms with Crippen LogP contribution in [0.5, 0.6) is 0 Å². The van der Waals surface area contributed by atoms with Gasteiger partial charge in [0, 0.05) is 24.7 Å². The number of rotatable bonds is 1. The number of nitro groups is 1. The Bertz CT molecular complexity index is 516. The fourth-order valence-electron chi connectivity index (χ4n) is 1.54. The Labute approximate surface area is 80.1 Å². The van der Waals surface area contributed by atoms with E-state index in [0.29, 0.717) is 0 Å². The molecule has 0 aliphatic rings. The molecule has 0 aromatic carbocycles. The van der Waals surface area contributed by atoms with Gasteiger partial charge in [0.05, 0.1) is 4.92 Å². The number of aromatic nitrogens is 2. The molecule has 0 radical (unpaired) electrons. The quantitative estimate of drug-likeness (QED) is 0.510. The van der Waals surface area contributed by atoms with E-state index in [0.717, 1.165) is 16.6 Å². The Morgan fingerprint density at radius 1 is 1.57 bits per heavy atom. The molecule has 5 nitrogen and oxygen atoms in total. The van der Waals surface area contributed by atoms with Crippen molar-refractivity contribution in [3.63, 3.8) is 0 Å². The van der Waals surface area contributed by atoms with Crippen LogP contribution in [0.4, 0.5) is 5.69 Å². The zero-order valence-corrected chi connectivity index (χ0v) is 7.89. The lowest BCUT2D eigenvalue weighted by atomic mass is 10.2. The van der Waals surface area contributed by atoms with Crippen LogP contribution in [-0.2, 0) is 7.05 Å². The zero-order chi connectivity index (χ0) is 10.3. The molecule has 2 rings (SSSR count). The van der Waals surface area contributed by atoms with Crippen LogP contribution >= 0.6 is 0 Å². The van der Waals surface area contributed by atoms with E-state index in [1.807, 2.05) is 24.7 Å². The summed E-state index contributed by atoms with van der Waals surface area (Å²) >= 11 is 0. The molecule has 2 aromatic rings. The third-order valence-corrected chi connectivity index (χ3v) is 2.21. The molecular weight excluding hydrogens is 182 g/mol. The molecule has 72 valence electrons. The summed E-state index contributed by atoms with van der Waals surface area (Å²) in [7, 11) is 1.87. The number of pyridine rings is 1. The predicted octanol–water partition coefficient (Wildman–Crippen LogP) is 1.79. The van der Waals surface area contributed by atoms with Crippen molar-refractivity contribution in [3.05, 3.63) is 34.1 Å². The molecule has 2 heterocycles. The minimum atomic E-state index is -0.432. The smallest absolute Gasteiger partial charge is 0.288 e. The van der Waals surface area contributed by atoms with E-state index in [-0.39, 0.29) is 5.69 Å². The van der Waals surface area contributed by atoms with Gasteiger partial charge >= 0.3 is 0 Å². The Morgan fingerprint density at radius 3 is 2.93 bits per heavy atom. The average molecular weight is 191 g/mol. The molecule has 0 aliphatic heterocycles. The molecule has 0 aliphatic carbocycles. The van der Waals surface area contributed by atoms with Crippen molar-refractivity contribution >= 4 is 16.7 Å². The second kappa shape index (κ2) is 2.80. The van der Waals surface area contributed by atoms with Crippen LogP contribution in [0, 0.1) is 17.0 Å². The average Bonchev–Trinajstić information content (AvgIpc) is 2.42. The monoisotopic (exact) mass is 191 g/mol. The predicted molar refractivity (Wildman–Crippen MR) is 52.1 cm³/mol. The van der Waals surface area contributed by atoms with E-state index < -0.39 is 4.92 Å². The molecule has 0 saturated heterocycles. The SMILES string of the molecule is Cc1cn(C)c2ncc([N+](=O)[O-])cc12. The van der Waals surface area contributed by atoms with Gasteiger partial charge < -0.3 is 4.57 Å². The highest BCUT2D eigenvalue weighted by molar-refractivity contribution is 5.82. The Hall–Kier alpha value is -1.91. The zero-order valence-electron chi connectivity index (χ0n) is 7.89. The van der Waals surface area contributed by atoms with Crippen LogP contribution in [0.15, 0.2) is 18.5 Å². The molecule has 0 fully saturated rings.